The van der Waals surface area contributed by atoms with Crippen molar-refractivity contribution in [1.82, 2.24) is 5.32 Å². The van der Waals surface area contributed by atoms with Gasteiger partial charge in [-0.05, 0) is 59.8 Å². The molecule has 0 radical (unpaired) electrons. The number of nitrogens with one attached hydrogen (secondary N) is 1. The molecule has 1 nitrogen and oxygen atoms in total. The SMILES string of the molecule is CCCC(NC)c1cc(Cl)ccc1I. The Kier molecular flexibility index (Phi) is 5.20. The van der Waals surface area contributed by atoms with Crippen molar-refractivity contribution in [2.24, 2.45) is 0 Å². The van der Waals surface area contributed by atoms with Crippen LogP contribution in [0.5, 0.6) is 0 Å². The molecule has 0 aromatic heterocycles. The molecule has 1 aromatic rings. The fourth-order valence-electron chi connectivity index (χ4n) is 1.53. The topological polar surface area (TPSA) is 12.0 Å². The molecule has 0 fully saturated rings. The summed E-state index contributed by atoms with van der Waals surface area (Å²) in [6.07, 6.45) is 2.32. The summed E-state index contributed by atoms with van der Waals surface area (Å²) in [5, 5.41) is 4.14. The Hall–Kier alpha value is 0.200. The minimum Gasteiger partial charge on any atom is -0.313 e. The molecule has 1 unspecified atom stereocenters. The molecule has 1 aromatic carbocycles. The quantitative estimate of drug-likeness (QED) is 0.826. The number of hydrogen-bond donors (Lipinski definition) is 1. The van der Waals surface area contributed by atoms with Crippen molar-refractivity contribution in [2.45, 2.75) is 25.8 Å². The highest BCUT2D eigenvalue weighted by Crippen LogP contribution is 2.26. The largest absolute Gasteiger partial charge is 0.313 e. The molecule has 0 saturated carbocycles. The molecule has 78 valence electrons. The lowest BCUT2D eigenvalue weighted by atomic mass is 10.0. The average molecular weight is 324 g/mol. The van der Waals surface area contributed by atoms with E-state index in [1.807, 2.05) is 13.1 Å². The van der Waals surface area contributed by atoms with Crippen molar-refractivity contribution in [3.63, 3.8) is 0 Å². The van der Waals surface area contributed by atoms with E-state index in [2.05, 4.69) is 47.0 Å². The van der Waals surface area contributed by atoms with Crippen LogP contribution in [0.15, 0.2) is 18.2 Å². The van der Waals surface area contributed by atoms with Crippen molar-refractivity contribution in [3.8, 4) is 0 Å². The lowest BCUT2D eigenvalue weighted by Crippen LogP contribution is -2.17. The standard InChI is InChI=1S/C11H15ClIN/c1-3-4-11(14-2)9-7-8(12)5-6-10(9)13/h5-7,11,14H,3-4H2,1-2H3. The van der Waals surface area contributed by atoms with E-state index in [-0.39, 0.29) is 0 Å². The van der Waals surface area contributed by atoms with Crippen molar-refractivity contribution in [2.75, 3.05) is 7.05 Å². The van der Waals surface area contributed by atoms with E-state index in [0.29, 0.717) is 6.04 Å². The molecule has 1 atom stereocenters. The molecule has 0 bridgehead atoms. The number of benzene rings is 1. The van der Waals surface area contributed by atoms with Crippen LogP contribution in [0, 0.1) is 3.57 Å². The minimum absolute atomic E-state index is 0.422. The summed E-state index contributed by atoms with van der Waals surface area (Å²) in [4.78, 5) is 0. The summed E-state index contributed by atoms with van der Waals surface area (Å²) in [7, 11) is 2.00. The van der Waals surface area contributed by atoms with E-state index < -0.39 is 0 Å². The minimum atomic E-state index is 0.422. The van der Waals surface area contributed by atoms with Crippen molar-refractivity contribution >= 4 is 34.2 Å². The fraction of sp³-hybridized carbons (Fsp3) is 0.455. The first-order valence-electron chi connectivity index (χ1n) is 4.81. The van der Waals surface area contributed by atoms with Crippen LogP contribution in [0.1, 0.15) is 31.4 Å². The van der Waals surface area contributed by atoms with Crippen molar-refractivity contribution < 1.29 is 0 Å². The van der Waals surface area contributed by atoms with Gasteiger partial charge >= 0.3 is 0 Å². The van der Waals surface area contributed by atoms with Crippen LogP contribution in [0.2, 0.25) is 5.02 Å². The zero-order valence-corrected chi connectivity index (χ0v) is 11.4. The molecular weight excluding hydrogens is 308 g/mol. The molecule has 1 N–H and O–H groups in total. The normalized spacial score (nSPS) is 12.9. The summed E-state index contributed by atoms with van der Waals surface area (Å²) < 4.78 is 1.28. The highest BCUT2D eigenvalue weighted by molar-refractivity contribution is 14.1. The first-order chi connectivity index (χ1) is 6.69. The van der Waals surface area contributed by atoms with Gasteiger partial charge in [-0.3, -0.25) is 0 Å². The van der Waals surface area contributed by atoms with Gasteiger partial charge in [-0.15, -0.1) is 0 Å². The van der Waals surface area contributed by atoms with Crippen LogP contribution in [0.3, 0.4) is 0 Å². The highest BCUT2D eigenvalue weighted by atomic mass is 127. The third-order valence-electron chi connectivity index (χ3n) is 2.26. The summed E-state index contributed by atoms with van der Waals surface area (Å²) in [5.74, 6) is 0. The van der Waals surface area contributed by atoms with Gasteiger partial charge in [0.1, 0.15) is 0 Å². The second-order valence-electron chi connectivity index (χ2n) is 3.30. The molecule has 1 rings (SSSR count). The molecule has 0 aliphatic heterocycles. The molecular formula is C11H15ClIN. The van der Waals surface area contributed by atoms with Crippen molar-refractivity contribution in [1.29, 1.82) is 0 Å². The summed E-state index contributed by atoms with van der Waals surface area (Å²) in [6, 6.07) is 6.48. The highest BCUT2D eigenvalue weighted by Gasteiger charge is 2.11. The molecule has 0 aliphatic carbocycles. The molecule has 0 amide bonds. The lowest BCUT2D eigenvalue weighted by molar-refractivity contribution is 0.539. The molecule has 0 saturated heterocycles. The smallest absolute Gasteiger partial charge is 0.0410 e. The second-order valence-corrected chi connectivity index (χ2v) is 4.89. The van der Waals surface area contributed by atoms with Gasteiger partial charge in [0.15, 0.2) is 0 Å². The van der Waals surface area contributed by atoms with Gasteiger partial charge in [-0.1, -0.05) is 24.9 Å². The Morgan fingerprint density at radius 1 is 1.50 bits per heavy atom. The number of rotatable bonds is 4. The molecule has 3 heteroatoms. The van der Waals surface area contributed by atoms with E-state index in [0.717, 1.165) is 11.4 Å². The summed E-state index contributed by atoms with van der Waals surface area (Å²) in [5.41, 5.74) is 1.31. The first-order valence-corrected chi connectivity index (χ1v) is 6.27. The van der Waals surface area contributed by atoms with E-state index >= 15 is 0 Å². The van der Waals surface area contributed by atoms with Gasteiger partial charge in [0.25, 0.3) is 0 Å². The monoisotopic (exact) mass is 323 g/mol. The third kappa shape index (κ3) is 3.11. The maximum absolute atomic E-state index is 5.99. The third-order valence-corrected chi connectivity index (χ3v) is 3.48. The zero-order chi connectivity index (χ0) is 10.6. The van der Waals surface area contributed by atoms with Gasteiger partial charge in [0.05, 0.1) is 0 Å². The predicted molar refractivity (Wildman–Crippen MR) is 70.9 cm³/mol. The number of hydrogen-bond acceptors (Lipinski definition) is 1. The summed E-state index contributed by atoms with van der Waals surface area (Å²) >= 11 is 8.34. The fourth-order valence-corrected chi connectivity index (χ4v) is 2.42. The Morgan fingerprint density at radius 3 is 2.79 bits per heavy atom. The van der Waals surface area contributed by atoms with E-state index in [4.69, 9.17) is 11.6 Å². The van der Waals surface area contributed by atoms with E-state index in [1.165, 1.54) is 15.6 Å². The van der Waals surface area contributed by atoms with Gasteiger partial charge < -0.3 is 5.32 Å². The average Bonchev–Trinajstić information content (AvgIpc) is 2.18. The van der Waals surface area contributed by atoms with Crippen LogP contribution < -0.4 is 5.32 Å². The van der Waals surface area contributed by atoms with Crippen LogP contribution in [-0.2, 0) is 0 Å². The van der Waals surface area contributed by atoms with Gasteiger partial charge in [-0.25, -0.2) is 0 Å². The van der Waals surface area contributed by atoms with Gasteiger partial charge in [-0.2, -0.15) is 0 Å². The Morgan fingerprint density at radius 2 is 2.21 bits per heavy atom. The Bertz CT molecular complexity index is 301. The number of halogens is 2. The predicted octanol–water partition coefficient (Wildman–Crippen LogP) is 4.01. The first kappa shape index (κ1) is 12.3. The maximum atomic E-state index is 5.99. The second kappa shape index (κ2) is 5.93. The van der Waals surface area contributed by atoms with Crippen molar-refractivity contribution in [3.05, 3.63) is 32.4 Å². The molecule has 0 heterocycles. The maximum Gasteiger partial charge on any atom is 0.0410 e. The van der Waals surface area contributed by atoms with E-state index in [9.17, 15) is 0 Å². The zero-order valence-electron chi connectivity index (χ0n) is 8.48. The van der Waals surface area contributed by atoms with Gasteiger partial charge in [0.2, 0.25) is 0 Å². The van der Waals surface area contributed by atoms with E-state index in [1.54, 1.807) is 0 Å². The molecule has 0 spiro atoms. The lowest BCUT2D eigenvalue weighted by Gasteiger charge is -2.17. The molecule has 0 aliphatic rings. The summed E-state index contributed by atoms with van der Waals surface area (Å²) in [6.45, 7) is 2.20. The van der Waals surface area contributed by atoms with Crippen LogP contribution >= 0.6 is 34.2 Å². The van der Waals surface area contributed by atoms with Crippen LogP contribution in [0.25, 0.3) is 0 Å². The Balaban J connectivity index is 2.96. The van der Waals surface area contributed by atoms with Gasteiger partial charge in [0, 0.05) is 14.6 Å². The van der Waals surface area contributed by atoms with Crippen LogP contribution in [0.4, 0.5) is 0 Å². The molecule has 14 heavy (non-hydrogen) atoms. The Labute approximate surface area is 104 Å². The van der Waals surface area contributed by atoms with Crippen LogP contribution in [-0.4, -0.2) is 7.05 Å².